The molecule has 25 nitrogen and oxygen atoms in total. The smallest absolute Gasteiger partial charge is 0.320 e. The van der Waals surface area contributed by atoms with Crippen LogP contribution in [0.4, 0.5) is 40.3 Å². The van der Waals surface area contributed by atoms with Crippen LogP contribution in [0.15, 0.2) is 173 Å². The van der Waals surface area contributed by atoms with Crippen LogP contribution in [0, 0.1) is 0 Å². The van der Waals surface area contributed by atoms with Crippen molar-refractivity contribution in [2.45, 2.75) is 19.6 Å². The van der Waals surface area contributed by atoms with Gasteiger partial charge in [-0.25, -0.2) is 5.26 Å². The van der Waals surface area contributed by atoms with Gasteiger partial charge >= 0.3 is 6.01 Å². The van der Waals surface area contributed by atoms with Crippen LogP contribution in [0.1, 0.15) is 31.8 Å². The van der Waals surface area contributed by atoms with Gasteiger partial charge in [0, 0.05) is 32.8 Å². The van der Waals surface area contributed by atoms with E-state index in [9.17, 15) is 53.6 Å². The van der Waals surface area contributed by atoms with Gasteiger partial charge in [0.05, 0.1) is 56.7 Å². The summed E-state index contributed by atoms with van der Waals surface area (Å²) in [6.07, 6.45) is 0. The Hall–Kier alpha value is -8.75. The molecule has 10 rings (SSSR count). The van der Waals surface area contributed by atoms with Crippen LogP contribution in [-0.2, 0) is 39.7 Å². The standard InChI is InChI=1S/C49H33N9O16S4/c59-45-32-6-1-2-7-33(32)46(60)44-34(45)8-4-9-40(44)72-18-17-50-47-52-48(54-49(61)53-47)51-39-21-26-20-38(41(75-74-73-62)22-27(26)23-43(39)78(69,70)71)58-57-37-16-15-36(31-14-12-29(24-35(31)37)76(63,64)65)56-55-28-11-13-30-25(19-28)5-3-10-42(30)77(66,67)68/h1-16,19-24,62H,17-18H2,(H,63,64,65)(H,66,67,68)(H,69,70,71)(H3,50,51,52,53,54,61)/b56-55+,58-57+. The van der Waals surface area contributed by atoms with E-state index in [-0.39, 0.29) is 124 Å². The van der Waals surface area contributed by atoms with Crippen LogP contribution in [0.25, 0.3) is 32.3 Å². The lowest BCUT2D eigenvalue weighted by molar-refractivity contribution is -0.432. The molecule has 0 radical (unpaired) electrons. The van der Waals surface area contributed by atoms with Crippen molar-refractivity contribution in [1.29, 1.82) is 0 Å². The van der Waals surface area contributed by atoms with Crippen molar-refractivity contribution < 1.29 is 73.0 Å². The Labute approximate surface area is 443 Å². The fourth-order valence-electron chi connectivity index (χ4n) is 8.36. The molecular weight excluding hydrogens is 1100 g/mol. The van der Waals surface area contributed by atoms with Crippen LogP contribution in [0.2, 0.25) is 0 Å². The van der Waals surface area contributed by atoms with E-state index in [1.807, 2.05) is 0 Å². The number of anilines is 3. The molecule has 8 aromatic carbocycles. The van der Waals surface area contributed by atoms with Crippen molar-refractivity contribution in [3.05, 3.63) is 156 Å². The number of ketones is 2. The van der Waals surface area contributed by atoms with E-state index in [1.54, 1.807) is 42.5 Å². The summed E-state index contributed by atoms with van der Waals surface area (Å²) in [4.78, 5) is 37.0. The number of aromatic nitrogens is 3. The van der Waals surface area contributed by atoms with Gasteiger partial charge in [-0.15, -0.1) is 19.7 Å². The van der Waals surface area contributed by atoms with Crippen LogP contribution < -0.4 is 15.4 Å². The summed E-state index contributed by atoms with van der Waals surface area (Å²) in [7, 11) is -14.3. The van der Waals surface area contributed by atoms with E-state index in [2.05, 4.69) is 55.4 Å². The van der Waals surface area contributed by atoms with Crippen molar-refractivity contribution in [2.75, 3.05) is 23.8 Å². The maximum atomic E-state index is 13.4. The molecule has 0 fully saturated rings. The summed E-state index contributed by atoms with van der Waals surface area (Å²) in [6, 6.07) is 30.6. The van der Waals surface area contributed by atoms with E-state index < -0.39 is 52.1 Å². The molecule has 1 heterocycles. The lowest BCUT2D eigenvalue weighted by atomic mass is 9.83. The van der Waals surface area contributed by atoms with Gasteiger partial charge in [-0.3, -0.25) is 23.2 Å². The van der Waals surface area contributed by atoms with E-state index in [4.69, 9.17) is 9.99 Å². The van der Waals surface area contributed by atoms with Gasteiger partial charge in [-0.05, 0) is 89.0 Å². The molecule has 9 aromatic rings. The topological polar surface area (TPSA) is 378 Å². The maximum Gasteiger partial charge on any atom is 0.320 e. The molecule has 1 aromatic heterocycles. The minimum absolute atomic E-state index is 0.0188. The zero-order valence-electron chi connectivity index (χ0n) is 39.1. The van der Waals surface area contributed by atoms with Gasteiger partial charge in [0.2, 0.25) is 11.9 Å². The third kappa shape index (κ3) is 10.9. The second-order valence-electron chi connectivity index (χ2n) is 16.6. The number of azo groups is 2. The molecule has 0 amide bonds. The van der Waals surface area contributed by atoms with Gasteiger partial charge in [0.25, 0.3) is 30.4 Å². The molecule has 0 spiro atoms. The molecule has 0 saturated heterocycles. The molecule has 0 atom stereocenters. The van der Waals surface area contributed by atoms with E-state index >= 15 is 0 Å². The van der Waals surface area contributed by atoms with Crippen molar-refractivity contribution in [1.82, 2.24) is 15.0 Å². The predicted octanol–water partition coefficient (Wildman–Crippen LogP) is 10.0. The second-order valence-corrected chi connectivity index (χ2v) is 21.5. The number of carbonyl (C=O) groups excluding carboxylic acids is 2. The number of carbonyl (C=O) groups is 2. The van der Waals surface area contributed by atoms with Gasteiger partial charge in [0.15, 0.2) is 11.6 Å². The largest absolute Gasteiger partial charge is 0.491 e. The highest BCUT2D eigenvalue weighted by atomic mass is 32.2. The first-order chi connectivity index (χ1) is 37.2. The minimum Gasteiger partial charge on any atom is -0.491 e. The van der Waals surface area contributed by atoms with Crippen LogP contribution >= 0.6 is 12.0 Å². The first-order valence-corrected chi connectivity index (χ1v) is 27.3. The van der Waals surface area contributed by atoms with Gasteiger partial charge in [-0.2, -0.15) is 45.3 Å². The average Bonchev–Trinajstić information content (AvgIpc) is 3.59. The SMILES string of the molecule is O=C1c2ccccc2C(=O)c2c(OCCNc3nc(O)nc(Nc4cc5cc(/N=N/c6ccc(/N=N/c7ccc8c(S(=O)(=O)O)cccc8c7)c7ccc(S(=O)(=O)O)cc67)c(SOOO)cc5cc4S(=O)(=O)O)n3)cccc21. The molecule has 1 aliphatic carbocycles. The molecule has 0 saturated carbocycles. The summed E-state index contributed by atoms with van der Waals surface area (Å²) in [5, 5.41) is 47.6. The number of fused-ring (bicyclic) bond motifs is 5. The number of hydrogen-bond donors (Lipinski definition) is 7. The lowest BCUT2D eigenvalue weighted by Gasteiger charge is -2.20. The van der Waals surface area contributed by atoms with Crippen LogP contribution in [-0.4, -0.2) is 88.9 Å². The summed E-state index contributed by atoms with van der Waals surface area (Å²) >= 11 is 0.415. The second kappa shape index (κ2) is 21.0. The Morgan fingerprint density at radius 1 is 0.564 bits per heavy atom. The number of aromatic hydroxyl groups is 1. The highest BCUT2D eigenvalue weighted by Crippen LogP contribution is 2.42. The Morgan fingerprint density at radius 3 is 1.97 bits per heavy atom. The van der Waals surface area contributed by atoms with E-state index in [0.717, 1.165) is 18.2 Å². The summed E-state index contributed by atoms with van der Waals surface area (Å²) in [6.45, 7) is -0.118. The number of benzene rings is 8. The fraction of sp³-hybridized carbons (Fsp3) is 0.0408. The number of hydrogen-bond acceptors (Lipinski definition) is 23. The van der Waals surface area contributed by atoms with Crippen molar-refractivity contribution in [3.63, 3.8) is 0 Å². The Kier molecular flexibility index (Phi) is 14.2. The monoisotopic (exact) mass is 1130 g/mol. The molecule has 394 valence electrons. The molecule has 0 bridgehead atoms. The Balaban J connectivity index is 0.936. The van der Waals surface area contributed by atoms with E-state index in [0.29, 0.717) is 17.4 Å². The van der Waals surface area contributed by atoms with Crippen LogP contribution in [0.3, 0.4) is 0 Å². The molecule has 78 heavy (non-hydrogen) atoms. The zero-order chi connectivity index (χ0) is 55.1. The van der Waals surface area contributed by atoms with Crippen molar-refractivity contribution >= 4 is 127 Å². The van der Waals surface area contributed by atoms with Crippen LogP contribution in [0.5, 0.6) is 11.8 Å². The molecule has 0 unspecified atom stereocenters. The Morgan fingerprint density at radius 2 is 1.23 bits per heavy atom. The predicted molar refractivity (Wildman–Crippen MR) is 279 cm³/mol. The van der Waals surface area contributed by atoms with Crippen molar-refractivity contribution in [3.8, 4) is 11.8 Å². The number of ether oxygens (including phenoxy) is 1. The first kappa shape index (κ1) is 52.7. The van der Waals surface area contributed by atoms with Gasteiger partial charge < -0.3 is 20.5 Å². The highest BCUT2D eigenvalue weighted by Gasteiger charge is 2.32. The first-order valence-electron chi connectivity index (χ1n) is 22.3. The molecule has 0 aliphatic heterocycles. The normalized spacial score (nSPS) is 12.9. The molecular formula is C49H33N9O16S4. The average molecular weight is 1130 g/mol. The number of nitrogens with zero attached hydrogens (tertiary/aromatic N) is 7. The lowest BCUT2D eigenvalue weighted by Crippen LogP contribution is -2.22. The van der Waals surface area contributed by atoms with Gasteiger partial charge in [0.1, 0.15) is 27.8 Å². The quantitative estimate of drug-likeness (QED) is 0.0111. The third-order valence-corrected chi connectivity index (χ3v) is 15.0. The zero-order valence-corrected chi connectivity index (χ0v) is 42.4. The maximum absolute atomic E-state index is 13.4. The molecule has 7 N–H and O–H groups in total. The third-order valence-electron chi connectivity index (χ3n) is 11.8. The Bertz CT molecular complexity index is 4410. The minimum atomic E-state index is -5.02. The fourth-order valence-corrected chi connectivity index (χ4v) is 10.7. The molecule has 29 heteroatoms. The van der Waals surface area contributed by atoms with Crippen molar-refractivity contribution in [2.24, 2.45) is 20.5 Å². The summed E-state index contributed by atoms with van der Waals surface area (Å²) in [5.74, 6) is -1.17. The summed E-state index contributed by atoms with van der Waals surface area (Å²) in [5.41, 5.74) is 0.991. The van der Waals surface area contributed by atoms with Gasteiger partial charge in [-0.1, -0.05) is 65.7 Å². The highest BCUT2D eigenvalue weighted by molar-refractivity contribution is 7.94. The van der Waals surface area contributed by atoms with E-state index in [1.165, 1.54) is 72.8 Å². The molecule has 1 aliphatic rings. The number of nitrogens with one attached hydrogen (secondary N) is 2. The number of rotatable bonds is 17. The summed E-state index contributed by atoms with van der Waals surface area (Å²) < 4.78 is 115.